The maximum Gasteiger partial charge on any atom is 0.165 e. The van der Waals surface area contributed by atoms with Gasteiger partial charge in [-0.1, -0.05) is 6.07 Å². The molecule has 2 saturated heterocycles. The maximum absolute atomic E-state index is 13.5. The molecule has 0 saturated carbocycles. The van der Waals surface area contributed by atoms with E-state index in [-0.39, 0.29) is 37.2 Å². The fraction of sp³-hybridized carbons (Fsp3) is 0.684. The fourth-order valence-electron chi connectivity index (χ4n) is 4.02. The molecule has 0 aromatic heterocycles. The molecule has 0 aliphatic carbocycles. The molecule has 156 valence electrons. The van der Waals surface area contributed by atoms with Crippen LogP contribution in [-0.2, 0) is 6.42 Å². The van der Waals surface area contributed by atoms with Gasteiger partial charge in [0.1, 0.15) is 0 Å². The second-order valence-electron chi connectivity index (χ2n) is 7.14. The zero-order valence-electron chi connectivity index (χ0n) is 15.9. The van der Waals surface area contributed by atoms with E-state index < -0.39 is 0 Å². The first-order chi connectivity index (χ1) is 12.2. The first-order valence-electron chi connectivity index (χ1n) is 9.32. The van der Waals surface area contributed by atoms with Gasteiger partial charge in [0.15, 0.2) is 11.6 Å². The van der Waals surface area contributed by atoms with Gasteiger partial charge in [0, 0.05) is 44.8 Å². The second-order valence-corrected chi connectivity index (χ2v) is 7.14. The number of benzene rings is 1. The SMILES string of the molecule is COc1cc(CC2CN(CCN3CCC[C@H]3CO)CCN2)ccc1F.Cl.Cl. The number of piperazine rings is 1. The van der Waals surface area contributed by atoms with Crippen LogP contribution < -0.4 is 10.1 Å². The summed E-state index contributed by atoms with van der Waals surface area (Å²) in [6.07, 6.45) is 3.19. The summed E-state index contributed by atoms with van der Waals surface area (Å²) in [5.41, 5.74) is 1.09. The largest absolute Gasteiger partial charge is 0.494 e. The number of rotatable bonds is 7. The monoisotopic (exact) mass is 423 g/mol. The van der Waals surface area contributed by atoms with Crippen LogP contribution in [0.5, 0.6) is 5.75 Å². The van der Waals surface area contributed by atoms with Crippen LogP contribution >= 0.6 is 24.8 Å². The predicted octanol–water partition coefficient (Wildman–Crippen LogP) is 1.95. The van der Waals surface area contributed by atoms with Gasteiger partial charge in [-0.25, -0.2) is 4.39 Å². The Kier molecular flexibility index (Phi) is 10.9. The highest BCUT2D eigenvalue weighted by Gasteiger charge is 2.25. The molecule has 27 heavy (non-hydrogen) atoms. The molecule has 5 nitrogen and oxygen atoms in total. The molecule has 3 rings (SSSR count). The Bertz CT molecular complexity index is 568. The number of hydrogen-bond acceptors (Lipinski definition) is 5. The molecule has 1 unspecified atom stereocenters. The summed E-state index contributed by atoms with van der Waals surface area (Å²) in [7, 11) is 1.50. The normalized spacial score (nSPS) is 23.5. The molecule has 8 heteroatoms. The third-order valence-corrected chi connectivity index (χ3v) is 5.45. The Hall–Kier alpha value is -0.630. The quantitative estimate of drug-likeness (QED) is 0.701. The number of ether oxygens (including phenoxy) is 1. The van der Waals surface area contributed by atoms with Gasteiger partial charge in [0.2, 0.25) is 0 Å². The number of methoxy groups -OCH3 is 1. The molecule has 2 N–H and O–H groups in total. The average Bonchev–Trinajstić information content (AvgIpc) is 3.09. The van der Waals surface area contributed by atoms with Crippen molar-refractivity contribution in [2.24, 2.45) is 0 Å². The molecule has 2 aliphatic heterocycles. The van der Waals surface area contributed by atoms with E-state index in [1.165, 1.54) is 19.6 Å². The van der Waals surface area contributed by atoms with Gasteiger partial charge in [-0.05, 0) is 43.5 Å². The molecule has 0 amide bonds. The van der Waals surface area contributed by atoms with Crippen molar-refractivity contribution >= 4 is 24.8 Å². The number of hydrogen-bond donors (Lipinski definition) is 2. The van der Waals surface area contributed by atoms with E-state index in [0.717, 1.165) is 57.7 Å². The maximum atomic E-state index is 13.5. The van der Waals surface area contributed by atoms with E-state index in [0.29, 0.717) is 17.8 Å². The zero-order chi connectivity index (χ0) is 17.6. The van der Waals surface area contributed by atoms with Gasteiger partial charge >= 0.3 is 0 Å². The van der Waals surface area contributed by atoms with Gasteiger partial charge in [0.25, 0.3) is 0 Å². The summed E-state index contributed by atoms with van der Waals surface area (Å²) >= 11 is 0. The van der Waals surface area contributed by atoms with Crippen LogP contribution in [0.1, 0.15) is 18.4 Å². The third kappa shape index (κ3) is 6.73. The Balaban J connectivity index is 0.00000182. The highest BCUT2D eigenvalue weighted by atomic mass is 35.5. The Labute approximate surface area is 174 Å². The molecule has 1 aromatic rings. The van der Waals surface area contributed by atoms with Crippen molar-refractivity contribution in [2.75, 3.05) is 53.0 Å². The van der Waals surface area contributed by atoms with Gasteiger partial charge in [-0.15, -0.1) is 24.8 Å². The van der Waals surface area contributed by atoms with Crippen molar-refractivity contribution in [1.29, 1.82) is 0 Å². The summed E-state index contributed by atoms with van der Waals surface area (Å²) < 4.78 is 18.6. The Morgan fingerprint density at radius 2 is 2.07 bits per heavy atom. The summed E-state index contributed by atoms with van der Waals surface area (Å²) in [5, 5.41) is 13.0. The van der Waals surface area contributed by atoms with Crippen LogP contribution in [0.25, 0.3) is 0 Å². The predicted molar refractivity (Wildman–Crippen MR) is 111 cm³/mol. The van der Waals surface area contributed by atoms with Crippen molar-refractivity contribution in [3.05, 3.63) is 29.6 Å². The van der Waals surface area contributed by atoms with E-state index in [4.69, 9.17) is 4.74 Å². The lowest BCUT2D eigenvalue weighted by molar-refractivity contribution is 0.128. The summed E-state index contributed by atoms with van der Waals surface area (Å²) in [6.45, 7) is 6.49. The van der Waals surface area contributed by atoms with E-state index in [1.54, 1.807) is 6.07 Å². The number of halogens is 3. The number of nitrogens with one attached hydrogen (secondary N) is 1. The van der Waals surface area contributed by atoms with Crippen LogP contribution in [0.2, 0.25) is 0 Å². The molecule has 2 heterocycles. The number of nitrogens with zero attached hydrogens (tertiary/aromatic N) is 2. The van der Waals surface area contributed by atoms with Crippen molar-refractivity contribution < 1.29 is 14.2 Å². The van der Waals surface area contributed by atoms with Crippen LogP contribution in [0.15, 0.2) is 18.2 Å². The second kappa shape index (κ2) is 12.0. The number of likely N-dealkylation sites (tertiary alicyclic amines) is 1. The average molecular weight is 424 g/mol. The summed E-state index contributed by atoms with van der Waals surface area (Å²) in [5.74, 6) is 0.00257. The molecule has 0 spiro atoms. The third-order valence-electron chi connectivity index (χ3n) is 5.45. The topological polar surface area (TPSA) is 48.0 Å². The molecule has 2 fully saturated rings. The number of aliphatic hydroxyl groups is 1. The summed E-state index contributed by atoms with van der Waals surface area (Å²) in [6, 6.07) is 5.85. The molecule has 2 aliphatic rings. The van der Waals surface area contributed by atoms with Crippen molar-refractivity contribution in [3.8, 4) is 5.75 Å². The molecule has 0 radical (unpaired) electrons. The lowest BCUT2D eigenvalue weighted by Gasteiger charge is -2.35. The van der Waals surface area contributed by atoms with Crippen LogP contribution in [0, 0.1) is 5.82 Å². The Morgan fingerprint density at radius 1 is 1.26 bits per heavy atom. The van der Waals surface area contributed by atoms with Crippen LogP contribution in [0.3, 0.4) is 0 Å². The molecular weight excluding hydrogens is 392 g/mol. The highest BCUT2D eigenvalue weighted by Crippen LogP contribution is 2.20. The summed E-state index contributed by atoms with van der Waals surface area (Å²) in [4.78, 5) is 4.91. The lowest BCUT2D eigenvalue weighted by atomic mass is 10.0. The van der Waals surface area contributed by atoms with Crippen molar-refractivity contribution in [2.45, 2.75) is 31.3 Å². The van der Waals surface area contributed by atoms with E-state index in [1.807, 2.05) is 6.07 Å². The minimum Gasteiger partial charge on any atom is -0.494 e. The lowest BCUT2D eigenvalue weighted by Crippen LogP contribution is -2.53. The molecule has 2 atom stereocenters. The minimum absolute atomic E-state index is 0. The standard InChI is InChI=1S/C19H30FN3O2.2ClH/c1-25-19-12-15(4-5-18(19)20)11-16-13-22(8-6-21-16)9-10-23-7-2-3-17(23)14-24;;/h4-5,12,16-17,21,24H,2-3,6-11,13-14H2,1H3;2*1H/t16?,17-;;/m0../s1. The molecule has 1 aromatic carbocycles. The van der Waals surface area contributed by atoms with Gasteiger partial charge in [0.05, 0.1) is 13.7 Å². The van der Waals surface area contributed by atoms with E-state index in [9.17, 15) is 9.50 Å². The van der Waals surface area contributed by atoms with Crippen LogP contribution in [-0.4, -0.2) is 80.0 Å². The van der Waals surface area contributed by atoms with Gasteiger partial charge in [-0.3, -0.25) is 9.80 Å². The van der Waals surface area contributed by atoms with E-state index in [2.05, 4.69) is 15.1 Å². The molecular formula is C19H32Cl2FN3O2. The first-order valence-corrected chi connectivity index (χ1v) is 9.32. The smallest absolute Gasteiger partial charge is 0.165 e. The van der Waals surface area contributed by atoms with Crippen molar-refractivity contribution in [3.63, 3.8) is 0 Å². The Morgan fingerprint density at radius 3 is 2.81 bits per heavy atom. The van der Waals surface area contributed by atoms with Crippen LogP contribution in [0.4, 0.5) is 4.39 Å². The number of aliphatic hydroxyl groups excluding tert-OH is 1. The molecule has 0 bridgehead atoms. The van der Waals surface area contributed by atoms with Gasteiger partial charge < -0.3 is 15.2 Å². The highest BCUT2D eigenvalue weighted by molar-refractivity contribution is 5.85. The first kappa shape index (κ1) is 24.4. The van der Waals surface area contributed by atoms with Gasteiger partial charge in [-0.2, -0.15) is 0 Å². The van der Waals surface area contributed by atoms with Crippen molar-refractivity contribution in [1.82, 2.24) is 15.1 Å². The zero-order valence-corrected chi connectivity index (χ0v) is 17.5. The van der Waals surface area contributed by atoms with E-state index >= 15 is 0 Å². The fourth-order valence-corrected chi connectivity index (χ4v) is 4.02. The minimum atomic E-state index is -0.312.